The maximum absolute atomic E-state index is 14.0. The summed E-state index contributed by atoms with van der Waals surface area (Å²) in [4.78, 5) is 19.6. The Balaban J connectivity index is 1.69. The summed E-state index contributed by atoms with van der Waals surface area (Å²) in [7, 11) is -2.31. The number of nitrogens with zero attached hydrogens (tertiary/aromatic N) is 3. The molecule has 204 valence electrons. The van der Waals surface area contributed by atoms with Gasteiger partial charge in [-0.15, -0.1) is 0 Å². The molecular weight excluding hydrogens is 521 g/mol. The van der Waals surface area contributed by atoms with E-state index in [1.807, 2.05) is 6.92 Å². The molecule has 10 heteroatoms. The molecule has 1 aromatic heterocycles. The third-order valence-electron chi connectivity index (χ3n) is 6.62. The van der Waals surface area contributed by atoms with Gasteiger partial charge >= 0.3 is 0 Å². The fraction of sp³-hybridized carbons (Fsp3) is 0.310. The van der Waals surface area contributed by atoms with Crippen molar-refractivity contribution in [1.29, 1.82) is 0 Å². The predicted molar refractivity (Wildman–Crippen MR) is 144 cm³/mol. The third kappa shape index (κ3) is 6.28. The molecule has 1 amide bonds. The molecule has 1 aliphatic heterocycles. The van der Waals surface area contributed by atoms with E-state index >= 15 is 0 Å². The number of hydrogen-bond acceptors (Lipinski definition) is 6. The first-order valence-corrected chi connectivity index (χ1v) is 13.9. The molecular formula is C29H30FN3O5S. The molecule has 2 heterocycles. The Morgan fingerprint density at radius 3 is 2.56 bits per heavy atom. The zero-order valence-electron chi connectivity index (χ0n) is 21.9. The van der Waals surface area contributed by atoms with Crippen LogP contribution in [-0.2, 0) is 10.0 Å². The van der Waals surface area contributed by atoms with Crippen LogP contribution in [0.4, 0.5) is 4.39 Å². The fourth-order valence-corrected chi connectivity index (χ4v) is 5.42. The number of fused-ring (bicyclic) bond motifs is 1. The number of ether oxygens (including phenoxy) is 1. The van der Waals surface area contributed by atoms with Gasteiger partial charge in [-0.3, -0.25) is 4.79 Å². The average molecular weight is 552 g/mol. The van der Waals surface area contributed by atoms with Gasteiger partial charge in [0, 0.05) is 31.3 Å². The van der Waals surface area contributed by atoms with Crippen LogP contribution in [-0.4, -0.2) is 72.5 Å². The number of carbonyl (C=O) groups is 1. The first-order chi connectivity index (χ1) is 18.6. The van der Waals surface area contributed by atoms with Crippen molar-refractivity contribution in [3.8, 4) is 17.7 Å². The highest BCUT2D eigenvalue weighted by atomic mass is 32.2. The highest BCUT2D eigenvalue weighted by Gasteiger charge is 2.35. The Morgan fingerprint density at radius 1 is 1.18 bits per heavy atom. The molecule has 4 rings (SSSR count). The van der Waals surface area contributed by atoms with Crippen LogP contribution in [0, 0.1) is 23.6 Å². The summed E-state index contributed by atoms with van der Waals surface area (Å²) in [6.45, 7) is 3.54. The van der Waals surface area contributed by atoms with Crippen molar-refractivity contribution in [2.45, 2.75) is 30.9 Å². The monoisotopic (exact) mass is 551 g/mol. The van der Waals surface area contributed by atoms with Crippen LogP contribution in [0.1, 0.15) is 35.3 Å². The molecule has 0 fully saturated rings. The van der Waals surface area contributed by atoms with Gasteiger partial charge < -0.3 is 14.7 Å². The van der Waals surface area contributed by atoms with Crippen molar-refractivity contribution in [2.75, 3.05) is 26.7 Å². The number of amides is 1. The number of benzene rings is 2. The minimum Gasteiger partial charge on any atom is -0.472 e. The van der Waals surface area contributed by atoms with Gasteiger partial charge in [0.15, 0.2) is 0 Å². The highest BCUT2D eigenvalue weighted by molar-refractivity contribution is 7.89. The van der Waals surface area contributed by atoms with Crippen LogP contribution < -0.4 is 4.74 Å². The molecule has 39 heavy (non-hydrogen) atoms. The van der Waals surface area contributed by atoms with E-state index in [1.54, 1.807) is 43.3 Å². The standard InChI is InChI=1S/C29H30FN3O5S/c1-20-17-33(21(2)19-34)29(35)25-15-22(13-14-23-9-7-8-12-26(23)30)16-31-28(25)38-27(20)18-32(3)39(36,37)24-10-5-4-6-11-24/h4-12,15-16,20-21,27,34H,17-19H2,1-3H3/t20-,21-,27+/m0/s1. The van der Waals surface area contributed by atoms with Gasteiger partial charge in [-0.1, -0.05) is 49.1 Å². The minimum atomic E-state index is -3.79. The van der Waals surface area contributed by atoms with Crippen LogP contribution in [0.3, 0.4) is 0 Å². The van der Waals surface area contributed by atoms with Crippen molar-refractivity contribution in [1.82, 2.24) is 14.2 Å². The summed E-state index contributed by atoms with van der Waals surface area (Å²) < 4.78 is 47.7. The number of sulfonamides is 1. The predicted octanol–water partition coefficient (Wildman–Crippen LogP) is 3.16. The number of carbonyl (C=O) groups excluding carboxylic acids is 1. The SMILES string of the molecule is C[C@H]1CN([C@@H](C)CO)C(=O)c2cc(C#Cc3ccccc3F)cnc2O[C@@H]1CN(C)S(=O)(=O)c1ccccc1. The summed E-state index contributed by atoms with van der Waals surface area (Å²) in [5, 5.41) is 9.85. The van der Waals surface area contributed by atoms with E-state index in [9.17, 15) is 22.7 Å². The van der Waals surface area contributed by atoms with Gasteiger partial charge in [-0.2, -0.15) is 4.31 Å². The quantitative estimate of drug-likeness (QED) is 0.473. The highest BCUT2D eigenvalue weighted by Crippen LogP contribution is 2.28. The Morgan fingerprint density at radius 2 is 1.87 bits per heavy atom. The second-order valence-electron chi connectivity index (χ2n) is 9.53. The molecule has 0 spiro atoms. The van der Waals surface area contributed by atoms with Crippen LogP contribution in [0.15, 0.2) is 71.8 Å². The number of rotatable bonds is 6. The van der Waals surface area contributed by atoms with Gasteiger partial charge in [0.25, 0.3) is 5.91 Å². The topological polar surface area (TPSA) is 100 Å². The lowest BCUT2D eigenvalue weighted by atomic mass is 10.0. The number of pyridine rings is 1. The molecule has 1 N–H and O–H groups in total. The van der Waals surface area contributed by atoms with Crippen LogP contribution in [0.5, 0.6) is 5.88 Å². The lowest BCUT2D eigenvalue weighted by Crippen LogP contribution is -2.50. The maximum Gasteiger partial charge on any atom is 0.259 e. The van der Waals surface area contributed by atoms with E-state index in [4.69, 9.17) is 4.74 Å². The van der Waals surface area contributed by atoms with Crippen molar-refractivity contribution >= 4 is 15.9 Å². The van der Waals surface area contributed by atoms with Crippen molar-refractivity contribution in [2.24, 2.45) is 5.92 Å². The van der Waals surface area contributed by atoms with E-state index < -0.39 is 33.9 Å². The van der Waals surface area contributed by atoms with Crippen LogP contribution >= 0.6 is 0 Å². The molecule has 0 unspecified atom stereocenters. The van der Waals surface area contributed by atoms with E-state index in [0.29, 0.717) is 5.56 Å². The average Bonchev–Trinajstić information content (AvgIpc) is 2.94. The first kappa shape index (κ1) is 28.2. The Kier molecular flexibility index (Phi) is 8.65. The van der Waals surface area contributed by atoms with Crippen LogP contribution in [0.2, 0.25) is 0 Å². The van der Waals surface area contributed by atoms with E-state index in [2.05, 4.69) is 16.8 Å². The molecule has 0 saturated carbocycles. The third-order valence-corrected chi connectivity index (χ3v) is 8.46. The van der Waals surface area contributed by atoms with Gasteiger partial charge in [-0.25, -0.2) is 17.8 Å². The smallest absolute Gasteiger partial charge is 0.259 e. The molecule has 8 nitrogen and oxygen atoms in total. The number of aromatic nitrogens is 1. The summed E-state index contributed by atoms with van der Waals surface area (Å²) >= 11 is 0. The molecule has 0 radical (unpaired) electrons. The molecule has 0 aliphatic carbocycles. The molecule has 0 bridgehead atoms. The largest absolute Gasteiger partial charge is 0.472 e. The lowest BCUT2D eigenvalue weighted by Gasteiger charge is -2.37. The summed E-state index contributed by atoms with van der Waals surface area (Å²) in [5.74, 6) is 4.47. The van der Waals surface area contributed by atoms with Crippen molar-refractivity contribution < 1.29 is 27.4 Å². The lowest BCUT2D eigenvalue weighted by molar-refractivity contribution is 0.0373. The molecule has 0 saturated heterocycles. The van der Waals surface area contributed by atoms with Crippen molar-refractivity contribution in [3.05, 3.63) is 89.4 Å². The minimum absolute atomic E-state index is 0.00386. The van der Waals surface area contributed by atoms with Gasteiger partial charge in [0.05, 0.1) is 29.7 Å². The molecule has 1 aliphatic rings. The number of aliphatic hydroxyl groups is 1. The first-order valence-electron chi connectivity index (χ1n) is 12.5. The molecule has 2 aromatic carbocycles. The second kappa shape index (κ2) is 11.9. The van der Waals surface area contributed by atoms with E-state index in [-0.39, 0.29) is 47.5 Å². The summed E-state index contributed by atoms with van der Waals surface area (Å²) in [6.07, 6.45) is 0.768. The maximum atomic E-state index is 14.0. The number of hydrogen-bond donors (Lipinski definition) is 1. The normalized spacial score (nSPS) is 18.3. The molecule has 3 aromatic rings. The number of halogens is 1. The van der Waals surface area contributed by atoms with Gasteiger partial charge in [0.1, 0.15) is 17.5 Å². The summed E-state index contributed by atoms with van der Waals surface area (Å²) in [5.41, 5.74) is 0.708. The Labute approximate surface area is 228 Å². The fourth-order valence-electron chi connectivity index (χ4n) is 4.21. The van der Waals surface area contributed by atoms with E-state index in [1.165, 1.54) is 46.7 Å². The van der Waals surface area contributed by atoms with Gasteiger partial charge in [0.2, 0.25) is 15.9 Å². The zero-order chi connectivity index (χ0) is 28.2. The zero-order valence-corrected chi connectivity index (χ0v) is 22.7. The number of aliphatic hydroxyl groups excluding tert-OH is 1. The van der Waals surface area contributed by atoms with Crippen LogP contribution in [0.25, 0.3) is 0 Å². The second-order valence-corrected chi connectivity index (χ2v) is 11.6. The summed E-state index contributed by atoms with van der Waals surface area (Å²) in [6, 6.07) is 15.2. The Hall–Kier alpha value is -3.78. The van der Waals surface area contributed by atoms with Crippen molar-refractivity contribution in [3.63, 3.8) is 0 Å². The number of likely N-dealkylation sites (N-methyl/N-ethyl adjacent to an activating group) is 1. The van der Waals surface area contributed by atoms with Gasteiger partial charge in [-0.05, 0) is 37.3 Å². The van der Waals surface area contributed by atoms with E-state index in [0.717, 1.165) is 0 Å². The molecule has 3 atom stereocenters. The Bertz CT molecular complexity index is 1500.